The van der Waals surface area contributed by atoms with Crippen molar-refractivity contribution in [3.8, 4) is 6.07 Å². The molecule has 0 unspecified atom stereocenters. The van der Waals surface area contributed by atoms with Gasteiger partial charge < -0.3 is 9.88 Å². The quantitative estimate of drug-likeness (QED) is 0.802. The Morgan fingerprint density at radius 3 is 2.59 bits per heavy atom. The van der Waals surface area contributed by atoms with E-state index < -0.39 is 0 Å². The highest BCUT2D eigenvalue weighted by Crippen LogP contribution is 2.25. The van der Waals surface area contributed by atoms with E-state index in [-0.39, 0.29) is 6.04 Å². The van der Waals surface area contributed by atoms with Crippen molar-refractivity contribution >= 4 is 5.82 Å². The van der Waals surface area contributed by atoms with Crippen LogP contribution in [0.3, 0.4) is 0 Å². The number of pyridine rings is 1. The number of hydrogen-bond acceptors (Lipinski definition) is 4. The maximum Gasteiger partial charge on any atom is 0.144 e. The van der Waals surface area contributed by atoms with Gasteiger partial charge in [-0.05, 0) is 17.7 Å². The van der Waals surface area contributed by atoms with Crippen LogP contribution in [0.2, 0.25) is 0 Å². The molecule has 0 aliphatic heterocycles. The van der Waals surface area contributed by atoms with Crippen molar-refractivity contribution in [2.75, 3.05) is 5.32 Å². The number of imidazole rings is 1. The summed E-state index contributed by atoms with van der Waals surface area (Å²) in [6, 6.07) is 15.5. The molecule has 0 fully saturated rings. The topological polar surface area (TPSA) is 66.5 Å². The second-order valence-corrected chi connectivity index (χ2v) is 4.90. The standard InChI is InChI=1S/C17H15N5/c1-22-11-10-20-17(22)15(13-6-3-2-4-7-13)21-16-14(12-18)8-5-9-19-16/h2-11,15H,1H3,(H,19,21)/t15-/m1/s1. The van der Waals surface area contributed by atoms with Gasteiger partial charge in [-0.2, -0.15) is 5.26 Å². The van der Waals surface area contributed by atoms with E-state index in [0.717, 1.165) is 11.4 Å². The molecule has 2 aromatic heterocycles. The molecule has 5 nitrogen and oxygen atoms in total. The lowest BCUT2D eigenvalue weighted by Gasteiger charge is -2.20. The Hall–Kier alpha value is -3.13. The molecule has 22 heavy (non-hydrogen) atoms. The number of nitrogens with one attached hydrogen (secondary N) is 1. The van der Waals surface area contributed by atoms with Gasteiger partial charge in [0.15, 0.2) is 0 Å². The molecule has 0 spiro atoms. The summed E-state index contributed by atoms with van der Waals surface area (Å²) in [5.41, 5.74) is 1.57. The Kier molecular flexibility index (Phi) is 3.84. The number of aromatic nitrogens is 3. The van der Waals surface area contributed by atoms with Crippen LogP contribution < -0.4 is 5.32 Å². The summed E-state index contributed by atoms with van der Waals surface area (Å²) in [6.07, 6.45) is 5.33. The van der Waals surface area contributed by atoms with Gasteiger partial charge in [0.25, 0.3) is 0 Å². The van der Waals surface area contributed by atoms with Gasteiger partial charge in [-0.1, -0.05) is 30.3 Å². The highest BCUT2D eigenvalue weighted by atomic mass is 15.1. The van der Waals surface area contributed by atoms with Gasteiger partial charge in [0.2, 0.25) is 0 Å². The Labute approximate surface area is 128 Å². The minimum Gasteiger partial charge on any atom is -0.355 e. The van der Waals surface area contributed by atoms with E-state index in [1.165, 1.54) is 0 Å². The monoisotopic (exact) mass is 289 g/mol. The molecular formula is C17H15N5. The fourth-order valence-electron chi connectivity index (χ4n) is 2.35. The van der Waals surface area contributed by atoms with Crippen molar-refractivity contribution in [2.24, 2.45) is 7.05 Å². The summed E-state index contributed by atoms with van der Waals surface area (Å²) >= 11 is 0. The lowest BCUT2D eigenvalue weighted by molar-refractivity contribution is 0.745. The predicted octanol–water partition coefficient (Wildman–Crippen LogP) is 2.89. The van der Waals surface area contributed by atoms with Crippen molar-refractivity contribution in [3.63, 3.8) is 0 Å². The van der Waals surface area contributed by atoms with E-state index in [9.17, 15) is 5.26 Å². The van der Waals surface area contributed by atoms with Gasteiger partial charge in [-0.25, -0.2) is 9.97 Å². The SMILES string of the molecule is Cn1ccnc1[C@H](Nc1ncccc1C#N)c1ccccc1. The van der Waals surface area contributed by atoms with Crippen molar-refractivity contribution in [1.29, 1.82) is 5.26 Å². The normalized spacial score (nSPS) is 11.6. The number of nitrogens with zero attached hydrogens (tertiary/aromatic N) is 4. The third-order valence-electron chi connectivity index (χ3n) is 3.46. The molecule has 0 aliphatic carbocycles. The Bertz CT molecular complexity index is 801. The maximum absolute atomic E-state index is 9.24. The molecular weight excluding hydrogens is 274 g/mol. The van der Waals surface area contributed by atoms with Crippen LogP contribution in [0.25, 0.3) is 0 Å². The minimum absolute atomic E-state index is 0.178. The van der Waals surface area contributed by atoms with E-state index >= 15 is 0 Å². The molecule has 108 valence electrons. The summed E-state index contributed by atoms with van der Waals surface area (Å²) in [5.74, 6) is 1.42. The molecule has 3 rings (SSSR count). The van der Waals surface area contributed by atoms with Crippen molar-refractivity contribution in [2.45, 2.75) is 6.04 Å². The average Bonchev–Trinajstić information content (AvgIpc) is 2.99. The first-order chi connectivity index (χ1) is 10.8. The summed E-state index contributed by atoms with van der Waals surface area (Å²) < 4.78 is 1.96. The van der Waals surface area contributed by atoms with Crippen molar-refractivity contribution < 1.29 is 0 Å². The lowest BCUT2D eigenvalue weighted by Crippen LogP contribution is -2.18. The molecule has 0 bridgehead atoms. The lowest BCUT2D eigenvalue weighted by atomic mass is 10.1. The first kappa shape index (κ1) is 13.8. The Morgan fingerprint density at radius 2 is 1.91 bits per heavy atom. The van der Waals surface area contributed by atoms with Gasteiger partial charge >= 0.3 is 0 Å². The zero-order valence-electron chi connectivity index (χ0n) is 12.1. The fourth-order valence-corrected chi connectivity index (χ4v) is 2.35. The zero-order chi connectivity index (χ0) is 15.4. The molecule has 3 aromatic rings. The number of anilines is 1. The van der Waals surface area contributed by atoms with Crippen LogP contribution in [0.5, 0.6) is 0 Å². The number of hydrogen-bond donors (Lipinski definition) is 1. The van der Waals surface area contributed by atoms with Crippen LogP contribution in [0.1, 0.15) is 23.0 Å². The van der Waals surface area contributed by atoms with E-state index in [4.69, 9.17) is 0 Å². The minimum atomic E-state index is -0.178. The van der Waals surface area contributed by atoms with Crippen LogP contribution in [-0.4, -0.2) is 14.5 Å². The van der Waals surface area contributed by atoms with Crippen LogP contribution in [0.15, 0.2) is 61.1 Å². The second kappa shape index (κ2) is 6.10. The van der Waals surface area contributed by atoms with E-state index in [1.54, 1.807) is 24.5 Å². The largest absolute Gasteiger partial charge is 0.355 e. The molecule has 5 heteroatoms. The van der Waals surface area contributed by atoms with E-state index in [1.807, 2.05) is 48.1 Å². The summed E-state index contributed by atoms with van der Waals surface area (Å²) in [6.45, 7) is 0. The van der Waals surface area contributed by atoms with Gasteiger partial charge in [0.05, 0.1) is 5.56 Å². The Balaban J connectivity index is 2.04. The predicted molar refractivity (Wildman–Crippen MR) is 84.1 cm³/mol. The van der Waals surface area contributed by atoms with Crippen LogP contribution in [0.4, 0.5) is 5.82 Å². The number of nitriles is 1. The van der Waals surface area contributed by atoms with E-state index in [0.29, 0.717) is 11.4 Å². The molecule has 0 saturated heterocycles. The van der Waals surface area contributed by atoms with Gasteiger partial charge in [-0.3, -0.25) is 0 Å². The first-order valence-corrected chi connectivity index (χ1v) is 6.93. The molecule has 1 N–H and O–H groups in total. The van der Waals surface area contributed by atoms with Crippen LogP contribution in [-0.2, 0) is 7.05 Å². The fraction of sp³-hybridized carbons (Fsp3) is 0.118. The molecule has 0 radical (unpaired) electrons. The van der Waals surface area contributed by atoms with Crippen molar-refractivity contribution in [1.82, 2.24) is 14.5 Å². The molecule has 1 atom stereocenters. The van der Waals surface area contributed by atoms with Gasteiger partial charge in [0.1, 0.15) is 23.8 Å². The Morgan fingerprint density at radius 1 is 1.09 bits per heavy atom. The van der Waals surface area contributed by atoms with Gasteiger partial charge in [-0.15, -0.1) is 0 Å². The molecule has 0 aliphatic rings. The molecule has 0 amide bonds. The smallest absolute Gasteiger partial charge is 0.144 e. The second-order valence-electron chi connectivity index (χ2n) is 4.90. The first-order valence-electron chi connectivity index (χ1n) is 6.93. The zero-order valence-corrected chi connectivity index (χ0v) is 12.1. The average molecular weight is 289 g/mol. The summed E-state index contributed by atoms with van der Waals surface area (Å²) in [4.78, 5) is 8.72. The molecule has 0 saturated carbocycles. The van der Waals surface area contributed by atoms with Gasteiger partial charge in [0, 0.05) is 25.6 Å². The number of aryl methyl sites for hydroxylation is 1. The van der Waals surface area contributed by atoms with Crippen LogP contribution >= 0.6 is 0 Å². The van der Waals surface area contributed by atoms with Crippen LogP contribution in [0, 0.1) is 11.3 Å². The van der Waals surface area contributed by atoms with E-state index in [2.05, 4.69) is 21.4 Å². The molecule has 1 aromatic carbocycles. The number of rotatable bonds is 4. The highest BCUT2D eigenvalue weighted by Gasteiger charge is 2.19. The maximum atomic E-state index is 9.24. The third-order valence-corrected chi connectivity index (χ3v) is 3.46. The third kappa shape index (κ3) is 2.67. The number of benzene rings is 1. The summed E-state index contributed by atoms with van der Waals surface area (Å²) in [7, 11) is 1.95. The van der Waals surface area contributed by atoms with Crippen molar-refractivity contribution in [3.05, 3.63) is 78.0 Å². The molecule has 2 heterocycles. The highest BCUT2D eigenvalue weighted by molar-refractivity contribution is 5.53. The summed E-state index contributed by atoms with van der Waals surface area (Å²) in [5, 5.41) is 12.6.